The minimum absolute atomic E-state index is 0.911. The third kappa shape index (κ3) is 4.74. The van der Waals surface area contributed by atoms with E-state index in [-0.39, 0.29) is 0 Å². The minimum atomic E-state index is 0.911. The predicted octanol–water partition coefficient (Wildman–Crippen LogP) is 12.4. The van der Waals surface area contributed by atoms with Crippen LogP contribution in [0.15, 0.2) is 167 Å². The zero-order chi connectivity index (χ0) is 32.3. The Bertz CT molecular complexity index is 2760. The van der Waals surface area contributed by atoms with Gasteiger partial charge in [0.15, 0.2) is 0 Å². The summed E-state index contributed by atoms with van der Waals surface area (Å²) in [4.78, 5) is 10.4. The topological polar surface area (TPSA) is 38.4 Å². The quantitative estimate of drug-likeness (QED) is 0.195. The number of para-hydroxylation sites is 2. The van der Waals surface area contributed by atoms with Gasteiger partial charge in [0.1, 0.15) is 11.2 Å². The van der Waals surface area contributed by atoms with Crippen molar-refractivity contribution in [2.24, 2.45) is 4.99 Å². The molecule has 9 aromatic rings. The van der Waals surface area contributed by atoms with Crippen molar-refractivity contribution in [3.63, 3.8) is 0 Å². The molecule has 7 aromatic carbocycles. The Kier molecular flexibility index (Phi) is 6.31. The molecule has 3 nitrogen and oxygen atoms in total. The van der Waals surface area contributed by atoms with Gasteiger partial charge in [-0.25, -0.2) is 4.98 Å². The number of aryl methyl sites for hydroxylation is 1. The number of fused-ring (bicyclic) bond motifs is 7. The van der Waals surface area contributed by atoms with Gasteiger partial charge in [-0.15, -0.1) is 0 Å². The number of furan rings is 1. The van der Waals surface area contributed by atoms with E-state index in [9.17, 15) is 0 Å². The molecule has 0 amide bonds. The molecule has 1 aliphatic heterocycles. The van der Waals surface area contributed by atoms with Crippen LogP contribution in [0.5, 0.6) is 0 Å². The van der Waals surface area contributed by atoms with Gasteiger partial charge < -0.3 is 4.42 Å². The van der Waals surface area contributed by atoms with Crippen LogP contribution in [0, 0.1) is 0 Å². The van der Waals surface area contributed by atoms with E-state index in [1.54, 1.807) is 0 Å². The van der Waals surface area contributed by atoms with E-state index in [0.717, 1.165) is 79.5 Å². The molecule has 0 fully saturated rings. The molecule has 0 bridgehead atoms. The lowest BCUT2D eigenvalue weighted by atomic mass is 9.93. The maximum Gasteiger partial charge on any atom is 0.143 e. The lowest BCUT2D eigenvalue weighted by molar-refractivity contribution is 0.670. The molecule has 1 aliphatic rings. The molecule has 0 spiro atoms. The molecule has 49 heavy (non-hydrogen) atoms. The highest BCUT2D eigenvalue weighted by atomic mass is 16.3. The third-order valence-corrected chi connectivity index (χ3v) is 9.97. The maximum absolute atomic E-state index is 6.30. The van der Waals surface area contributed by atoms with E-state index in [4.69, 9.17) is 14.4 Å². The summed E-state index contributed by atoms with van der Waals surface area (Å²) in [5.74, 6) is 0. The van der Waals surface area contributed by atoms with Gasteiger partial charge >= 0.3 is 0 Å². The fraction of sp³-hybridized carbons (Fsp3) is 0.0435. The summed E-state index contributed by atoms with van der Waals surface area (Å²) in [6, 6.07) is 56.0. The number of rotatable bonds is 4. The van der Waals surface area contributed by atoms with Crippen molar-refractivity contribution in [3.05, 3.63) is 169 Å². The zero-order valence-electron chi connectivity index (χ0n) is 26.7. The number of pyridine rings is 1. The second kappa shape index (κ2) is 11.1. The fourth-order valence-corrected chi connectivity index (χ4v) is 7.39. The molecule has 0 saturated heterocycles. The van der Waals surface area contributed by atoms with Crippen LogP contribution in [0.4, 0.5) is 5.69 Å². The lowest BCUT2D eigenvalue weighted by Gasteiger charge is -2.18. The van der Waals surface area contributed by atoms with Crippen LogP contribution in [0.1, 0.15) is 17.5 Å². The van der Waals surface area contributed by atoms with Crippen molar-refractivity contribution in [1.82, 2.24) is 4.98 Å². The van der Waals surface area contributed by atoms with Crippen molar-refractivity contribution >= 4 is 55.0 Å². The van der Waals surface area contributed by atoms with Crippen LogP contribution in [0.25, 0.3) is 77.1 Å². The summed E-state index contributed by atoms with van der Waals surface area (Å²) >= 11 is 0. The summed E-state index contributed by atoms with van der Waals surface area (Å²) in [5, 5.41) is 5.85. The largest absolute Gasteiger partial charge is 0.455 e. The van der Waals surface area contributed by atoms with Crippen molar-refractivity contribution in [2.75, 3.05) is 0 Å². The lowest BCUT2D eigenvalue weighted by Crippen LogP contribution is -2.08. The SMILES string of the molecule is c1ccc(-c2ccc3ccc4c(c3n2)N=C(c2ccc3cc(-c5ccc(-c6cccc7c6oc6ccccc67)cc5)ccc3c2)CC4)cc1. The van der Waals surface area contributed by atoms with Gasteiger partial charge in [0.05, 0.1) is 16.9 Å². The van der Waals surface area contributed by atoms with Crippen LogP contribution < -0.4 is 0 Å². The van der Waals surface area contributed by atoms with Gasteiger partial charge in [-0.1, -0.05) is 133 Å². The first-order valence-corrected chi connectivity index (χ1v) is 16.9. The predicted molar refractivity (Wildman–Crippen MR) is 204 cm³/mol. The number of aliphatic imine (C=N–C) groups is 1. The van der Waals surface area contributed by atoms with Crippen molar-refractivity contribution in [1.29, 1.82) is 0 Å². The monoisotopic (exact) mass is 626 g/mol. The standard InChI is InChI=1S/C46H30N2O/c1-2-7-31(8-3-1)41-25-23-32-17-18-33-24-26-42(48-45(33)44(32)47-41)37-22-21-35-27-34(19-20-36(35)28-37)29-13-15-30(16-14-29)38-10-6-11-40-39-9-4-5-12-43(39)49-46(38)40/h1-23,25,27-28H,24,26H2. The number of hydrogen-bond donors (Lipinski definition) is 0. The molecule has 0 unspecified atom stereocenters. The summed E-state index contributed by atoms with van der Waals surface area (Å²) < 4.78 is 6.30. The molecule has 230 valence electrons. The highest BCUT2D eigenvalue weighted by Crippen LogP contribution is 2.38. The van der Waals surface area contributed by atoms with Gasteiger partial charge in [0.25, 0.3) is 0 Å². The molecule has 0 N–H and O–H groups in total. The second-order valence-corrected chi connectivity index (χ2v) is 12.9. The highest BCUT2D eigenvalue weighted by molar-refractivity contribution is 6.10. The van der Waals surface area contributed by atoms with Crippen LogP contribution in [-0.2, 0) is 6.42 Å². The third-order valence-electron chi connectivity index (χ3n) is 9.97. The first kappa shape index (κ1) is 27.8. The Balaban J connectivity index is 0.965. The molecule has 3 heterocycles. The van der Waals surface area contributed by atoms with E-state index >= 15 is 0 Å². The van der Waals surface area contributed by atoms with Crippen LogP contribution in [0.2, 0.25) is 0 Å². The Hall–Kier alpha value is -6.32. The van der Waals surface area contributed by atoms with Crippen molar-refractivity contribution in [2.45, 2.75) is 12.8 Å². The summed E-state index contributed by atoms with van der Waals surface area (Å²) in [5.41, 5.74) is 14.1. The Morgan fingerprint density at radius 1 is 0.469 bits per heavy atom. The van der Waals surface area contributed by atoms with Gasteiger partial charge in [-0.3, -0.25) is 4.99 Å². The zero-order valence-corrected chi connectivity index (χ0v) is 26.7. The number of nitrogens with zero attached hydrogens (tertiary/aromatic N) is 2. The molecule has 3 heteroatoms. The molecular weight excluding hydrogens is 597 g/mol. The van der Waals surface area contributed by atoms with E-state index in [2.05, 4.69) is 140 Å². The summed E-state index contributed by atoms with van der Waals surface area (Å²) in [6.07, 6.45) is 1.87. The number of benzene rings is 7. The average molecular weight is 627 g/mol. The van der Waals surface area contributed by atoms with Crippen molar-refractivity contribution in [3.8, 4) is 33.5 Å². The van der Waals surface area contributed by atoms with Gasteiger partial charge in [0.2, 0.25) is 0 Å². The Morgan fingerprint density at radius 3 is 2.04 bits per heavy atom. The first-order chi connectivity index (χ1) is 24.2. The van der Waals surface area contributed by atoms with Gasteiger partial charge in [0, 0.05) is 33.0 Å². The molecule has 0 atom stereocenters. The summed E-state index contributed by atoms with van der Waals surface area (Å²) in [7, 11) is 0. The first-order valence-electron chi connectivity index (χ1n) is 16.9. The fourth-order valence-electron chi connectivity index (χ4n) is 7.39. The van der Waals surface area contributed by atoms with Crippen LogP contribution in [-0.4, -0.2) is 10.7 Å². The molecule has 2 aromatic heterocycles. The number of aromatic nitrogens is 1. The van der Waals surface area contributed by atoms with E-state index < -0.39 is 0 Å². The van der Waals surface area contributed by atoms with E-state index in [1.807, 2.05) is 18.2 Å². The maximum atomic E-state index is 6.30. The minimum Gasteiger partial charge on any atom is -0.455 e. The van der Waals surface area contributed by atoms with E-state index in [0.29, 0.717) is 0 Å². The molecule has 0 aliphatic carbocycles. The van der Waals surface area contributed by atoms with Crippen LogP contribution in [0.3, 0.4) is 0 Å². The normalized spacial score (nSPS) is 12.9. The molecule has 0 radical (unpaired) electrons. The van der Waals surface area contributed by atoms with Crippen LogP contribution >= 0.6 is 0 Å². The van der Waals surface area contributed by atoms with Gasteiger partial charge in [-0.2, -0.15) is 0 Å². The number of hydrogen-bond acceptors (Lipinski definition) is 3. The molecule has 0 saturated carbocycles. The Labute approximate surface area is 283 Å². The second-order valence-electron chi connectivity index (χ2n) is 12.9. The van der Waals surface area contributed by atoms with Gasteiger partial charge in [-0.05, 0) is 75.7 Å². The summed E-state index contributed by atoms with van der Waals surface area (Å²) in [6.45, 7) is 0. The molecule has 10 rings (SSSR count). The highest BCUT2D eigenvalue weighted by Gasteiger charge is 2.18. The van der Waals surface area contributed by atoms with E-state index in [1.165, 1.54) is 33.0 Å². The average Bonchev–Trinajstić information content (AvgIpc) is 3.56. The van der Waals surface area contributed by atoms with Crippen molar-refractivity contribution < 1.29 is 4.42 Å². The molecular formula is C46H30N2O. The smallest absolute Gasteiger partial charge is 0.143 e. The Morgan fingerprint density at radius 2 is 1.16 bits per heavy atom.